The summed E-state index contributed by atoms with van der Waals surface area (Å²) in [6.07, 6.45) is 1.12. The molecule has 0 atom stereocenters. The van der Waals surface area contributed by atoms with Gasteiger partial charge in [-0.2, -0.15) is 0 Å². The molecule has 0 spiro atoms. The van der Waals surface area contributed by atoms with Crippen molar-refractivity contribution in [2.24, 2.45) is 0 Å². The summed E-state index contributed by atoms with van der Waals surface area (Å²) in [5, 5.41) is 2.85. The van der Waals surface area contributed by atoms with Crippen molar-refractivity contribution in [3.05, 3.63) is 24.1 Å². The molecule has 0 saturated heterocycles. The highest BCUT2D eigenvalue weighted by Gasteiger charge is 2.08. The van der Waals surface area contributed by atoms with Crippen molar-refractivity contribution in [3.63, 3.8) is 0 Å². The number of halogens is 1. The molecule has 88 valence electrons. The zero-order chi connectivity index (χ0) is 12.0. The van der Waals surface area contributed by atoms with Gasteiger partial charge in [-0.15, -0.1) is 0 Å². The van der Waals surface area contributed by atoms with Gasteiger partial charge in [0.1, 0.15) is 11.6 Å². The van der Waals surface area contributed by atoms with Crippen LogP contribution in [0.1, 0.15) is 13.8 Å². The van der Waals surface area contributed by atoms with Crippen molar-refractivity contribution in [3.8, 4) is 0 Å². The number of pyridine rings is 1. The molecule has 1 rings (SSSR count). The summed E-state index contributed by atoms with van der Waals surface area (Å²) in [6, 6.07) is 2.81. The largest absolute Gasteiger partial charge is 0.361 e. The first-order chi connectivity index (χ1) is 7.67. The molecular weight excluding hydrogens is 209 g/mol. The molecule has 1 amide bonds. The topological polar surface area (TPSA) is 45.2 Å². The first-order valence-corrected chi connectivity index (χ1v) is 5.30. The van der Waals surface area contributed by atoms with Gasteiger partial charge in [0.25, 0.3) is 0 Å². The number of carbonyl (C=O) groups excluding carboxylic acids is 1. The summed E-state index contributed by atoms with van der Waals surface area (Å²) in [5.74, 6) is 0.124. The van der Waals surface area contributed by atoms with E-state index in [9.17, 15) is 9.18 Å². The second-order valence-electron chi connectivity index (χ2n) is 3.28. The summed E-state index contributed by atoms with van der Waals surface area (Å²) in [4.78, 5) is 17.1. The highest BCUT2D eigenvalue weighted by molar-refractivity contribution is 5.80. The van der Waals surface area contributed by atoms with E-state index in [1.165, 1.54) is 12.1 Å². The van der Waals surface area contributed by atoms with Crippen LogP contribution in [0, 0.1) is 5.82 Å². The number of carbonyl (C=O) groups is 1. The number of nitrogens with one attached hydrogen (secondary N) is 1. The van der Waals surface area contributed by atoms with Gasteiger partial charge in [-0.3, -0.25) is 4.79 Å². The average Bonchev–Trinajstić information content (AvgIpc) is 2.30. The van der Waals surface area contributed by atoms with E-state index in [4.69, 9.17) is 0 Å². The van der Waals surface area contributed by atoms with Crippen LogP contribution in [0.2, 0.25) is 0 Å². The van der Waals surface area contributed by atoms with Gasteiger partial charge < -0.3 is 10.2 Å². The van der Waals surface area contributed by atoms with Gasteiger partial charge in [0.2, 0.25) is 5.91 Å². The number of rotatable bonds is 5. The summed E-state index contributed by atoms with van der Waals surface area (Å²) >= 11 is 0. The van der Waals surface area contributed by atoms with E-state index in [2.05, 4.69) is 10.3 Å². The number of amides is 1. The van der Waals surface area contributed by atoms with E-state index in [0.717, 1.165) is 6.20 Å². The van der Waals surface area contributed by atoms with Crippen molar-refractivity contribution >= 4 is 11.7 Å². The van der Waals surface area contributed by atoms with Gasteiger partial charge in [-0.25, -0.2) is 9.37 Å². The third-order valence-corrected chi connectivity index (χ3v) is 2.26. The Labute approximate surface area is 94.5 Å². The molecule has 1 aromatic rings. The van der Waals surface area contributed by atoms with Crippen molar-refractivity contribution in [2.45, 2.75) is 13.8 Å². The Balaban J connectivity index is 2.45. The van der Waals surface area contributed by atoms with Crippen molar-refractivity contribution in [2.75, 3.05) is 25.0 Å². The Morgan fingerprint density at radius 2 is 2.12 bits per heavy atom. The quantitative estimate of drug-likeness (QED) is 0.826. The molecule has 5 heteroatoms. The monoisotopic (exact) mass is 225 g/mol. The molecule has 0 aliphatic rings. The van der Waals surface area contributed by atoms with E-state index in [0.29, 0.717) is 18.9 Å². The zero-order valence-corrected chi connectivity index (χ0v) is 9.53. The molecule has 0 aliphatic heterocycles. The second kappa shape index (κ2) is 6.05. The normalized spacial score (nSPS) is 9.94. The van der Waals surface area contributed by atoms with Crippen molar-refractivity contribution in [1.82, 2.24) is 9.88 Å². The summed E-state index contributed by atoms with van der Waals surface area (Å²) in [7, 11) is 0. The molecule has 0 radical (unpaired) electrons. The summed E-state index contributed by atoms with van der Waals surface area (Å²) in [6.45, 7) is 5.41. The maximum absolute atomic E-state index is 12.6. The molecule has 0 aliphatic carbocycles. The molecule has 0 bridgehead atoms. The molecule has 16 heavy (non-hydrogen) atoms. The van der Waals surface area contributed by atoms with Crippen LogP contribution in [-0.4, -0.2) is 35.4 Å². The number of nitrogens with zero attached hydrogens (tertiary/aromatic N) is 2. The van der Waals surface area contributed by atoms with Gasteiger partial charge in [-0.05, 0) is 26.0 Å². The molecule has 1 N–H and O–H groups in total. The van der Waals surface area contributed by atoms with Crippen LogP contribution in [-0.2, 0) is 4.79 Å². The molecule has 0 unspecified atom stereocenters. The van der Waals surface area contributed by atoms with Crippen LogP contribution < -0.4 is 5.32 Å². The van der Waals surface area contributed by atoms with Gasteiger partial charge in [0.05, 0.1) is 12.7 Å². The second-order valence-corrected chi connectivity index (χ2v) is 3.28. The van der Waals surface area contributed by atoms with Gasteiger partial charge in [-0.1, -0.05) is 0 Å². The number of hydrogen-bond donors (Lipinski definition) is 1. The van der Waals surface area contributed by atoms with Crippen LogP contribution in [0.15, 0.2) is 18.3 Å². The molecule has 1 aromatic heterocycles. The SMILES string of the molecule is CCN(CC)C(=O)CNc1ccc(F)cn1. The van der Waals surface area contributed by atoms with Crippen LogP contribution in [0.5, 0.6) is 0 Å². The fourth-order valence-corrected chi connectivity index (χ4v) is 1.33. The zero-order valence-electron chi connectivity index (χ0n) is 9.53. The average molecular weight is 225 g/mol. The Hall–Kier alpha value is -1.65. The van der Waals surface area contributed by atoms with Crippen LogP contribution >= 0.6 is 0 Å². The lowest BCUT2D eigenvalue weighted by molar-refractivity contribution is -0.128. The number of anilines is 1. The Kier molecular flexibility index (Phi) is 4.69. The van der Waals surface area contributed by atoms with Gasteiger partial charge in [0.15, 0.2) is 0 Å². The summed E-state index contributed by atoms with van der Waals surface area (Å²) < 4.78 is 12.6. The van der Waals surface area contributed by atoms with E-state index in [1.54, 1.807) is 4.90 Å². The first kappa shape index (κ1) is 12.4. The van der Waals surface area contributed by atoms with Gasteiger partial charge in [0, 0.05) is 13.1 Å². The van der Waals surface area contributed by atoms with E-state index >= 15 is 0 Å². The lowest BCUT2D eigenvalue weighted by Gasteiger charge is -2.18. The number of aromatic nitrogens is 1. The van der Waals surface area contributed by atoms with Crippen molar-refractivity contribution in [1.29, 1.82) is 0 Å². The van der Waals surface area contributed by atoms with Crippen LogP contribution in [0.25, 0.3) is 0 Å². The lowest BCUT2D eigenvalue weighted by Crippen LogP contribution is -2.35. The van der Waals surface area contributed by atoms with Crippen molar-refractivity contribution < 1.29 is 9.18 Å². The highest BCUT2D eigenvalue weighted by atomic mass is 19.1. The van der Waals surface area contributed by atoms with Gasteiger partial charge >= 0.3 is 0 Å². The molecule has 0 saturated carbocycles. The third-order valence-electron chi connectivity index (χ3n) is 2.26. The Bertz CT molecular complexity index is 336. The van der Waals surface area contributed by atoms with Crippen LogP contribution in [0.4, 0.5) is 10.2 Å². The minimum atomic E-state index is -0.388. The predicted molar refractivity (Wildman–Crippen MR) is 60.6 cm³/mol. The van der Waals surface area contributed by atoms with E-state index < -0.39 is 0 Å². The number of hydrogen-bond acceptors (Lipinski definition) is 3. The fourth-order valence-electron chi connectivity index (χ4n) is 1.33. The molecule has 1 heterocycles. The highest BCUT2D eigenvalue weighted by Crippen LogP contribution is 2.03. The maximum Gasteiger partial charge on any atom is 0.241 e. The maximum atomic E-state index is 12.6. The lowest BCUT2D eigenvalue weighted by atomic mass is 10.4. The van der Waals surface area contributed by atoms with Crippen LogP contribution in [0.3, 0.4) is 0 Å². The standard InChI is InChI=1S/C11H16FN3O/c1-3-15(4-2)11(16)8-14-10-6-5-9(12)7-13-10/h5-7H,3-4,8H2,1-2H3,(H,13,14). The minimum Gasteiger partial charge on any atom is -0.361 e. The summed E-state index contributed by atoms with van der Waals surface area (Å²) in [5.41, 5.74) is 0. The smallest absolute Gasteiger partial charge is 0.241 e. The minimum absolute atomic E-state index is 0.0103. The fraction of sp³-hybridized carbons (Fsp3) is 0.455. The number of likely N-dealkylation sites (N-methyl/N-ethyl adjacent to an activating group) is 1. The Morgan fingerprint density at radius 3 is 2.62 bits per heavy atom. The molecule has 0 aromatic carbocycles. The van der Waals surface area contributed by atoms with E-state index in [1.807, 2.05) is 13.8 Å². The molecule has 4 nitrogen and oxygen atoms in total. The predicted octanol–water partition coefficient (Wildman–Crippen LogP) is 1.50. The third kappa shape index (κ3) is 3.49. The Morgan fingerprint density at radius 1 is 1.44 bits per heavy atom. The first-order valence-electron chi connectivity index (χ1n) is 5.30. The molecular formula is C11H16FN3O. The molecule has 0 fully saturated rings. The van der Waals surface area contributed by atoms with E-state index in [-0.39, 0.29) is 18.3 Å².